The number of esters is 1. The van der Waals surface area contributed by atoms with E-state index in [2.05, 4.69) is 5.10 Å². The molecule has 1 atom stereocenters. The van der Waals surface area contributed by atoms with Crippen molar-refractivity contribution in [2.75, 3.05) is 20.8 Å². The van der Waals surface area contributed by atoms with Gasteiger partial charge in [-0.3, -0.25) is 4.79 Å². The summed E-state index contributed by atoms with van der Waals surface area (Å²) in [5.74, 6) is -3.04. The molecule has 1 aliphatic heterocycles. The highest BCUT2D eigenvalue weighted by atomic mass is 32.1. The molecule has 1 aromatic heterocycles. The van der Waals surface area contributed by atoms with Crippen LogP contribution in [0.3, 0.4) is 0 Å². The Kier molecular flexibility index (Phi) is 6.87. The summed E-state index contributed by atoms with van der Waals surface area (Å²) in [7, 11) is 3.03. The van der Waals surface area contributed by atoms with E-state index in [-0.39, 0.29) is 0 Å². The lowest BCUT2D eigenvalue weighted by molar-refractivity contribution is -0.136. The maximum atomic E-state index is 13.9. The second kappa shape index (κ2) is 10.0. The van der Waals surface area contributed by atoms with Gasteiger partial charge in [0.1, 0.15) is 17.2 Å². The number of benzene rings is 2. The molecule has 7 nitrogen and oxygen atoms in total. The smallest absolute Gasteiger partial charge is 0.344 e. The van der Waals surface area contributed by atoms with Gasteiger partial charge in [-0.05, 0) is 41.3 Å². The molecule has 0 saturated carbocycles. The van der Waals surface area contributed by atoms with E-state index in [1.165, 1.54) is 30.6 Å². The Morgan fingerprint density at radius 2 is 1.79 bits per heavy atom. The lowest BCUT2D eigenvalue weighted by atomic mass is 10.0. The number of amides is 1. The SMILES string of the molecule is COc1ccc([C@H]2CC(c3cccs3)=NN2C(=O)COC(=O)c2c(F)cccc2F)cc1OC. The average Bonchev–Trinajstić information content (AvgIpc) is 3.52. The van der Waals surface area contributed by atoms with Gasteiger partial charge in [0.2, 0.25) is 0 Å². The first-order valence-electron chi connectivity index (χ1n) is 10.2. The summed E-state index contributed by atoms with van der Waals surface area (Å²) in [6, 6.07) is 11.5. The Morgan fingerprint density at radius 3 is 2.44 bits per heavy atom. The van der Waals surface area contributed by atoms with Crippen LogP contribution < -0.4 is 9.47 Å². The zero-order valence-electron chi connectivity index (χ0n) is 18.3. The molecule has 2 aromatic carbocycles. The molecule has 1 aliphatic rings. The van der Waals surface area contributed by atoms with Crippen molar-refractivity contribution in [1.82, 2.24) is 5.01 Å². The van der Waals surface area contributed by atoms with E-state index in [4.69, 9.17) is 14.2 Å². The number of ether oxygens (including phenoxy) is 3. The summed E-state index contributed by atoms with van der Waals surface area (Å²) in [6.07, 6.45) is 0.414. The van der Waals surface area contributed by atoms with E-state index in [0.29, 0.717) is 23.6 Å². The number of carbonyl (C=O) groups is 2. The van der Waals surface area contributed by atoms with Crippen LogP contribution in [0.25, 0.3) is 0 Å². The Balaban J connectivity index is 1.58. The molecule has 0 aliphatic carbocycles. The number of methoxy groups -OCH3 is 2. The fourth-order valence-corrected chi connectivity index (χ4v) is 4.33. The fourth-order valence-electron chi connectivity index (χ4n) is 3.61. The molecule has 1 amide bonds. The van der Waals surface area contributed by atoms with Crippen LogP contribution in [-0.4, -0.2) is 43.4 Å². The van der Waals surface area contributed by atoms with Gasteiger partial charge in [-0.15, -0.1) is 11.3 Å². The number of halogens is 2. The molecule has 0 saturated heterocycles. The quantitative estimate of drug-likeness (QED) is 0.457. The van der Waals surface area contributed by atoms with Crippen molar-refractivity contribution in [2.24, 2.45) is 5.10 Å². The molecule has 0 N–H and O–H groups in total. The largest absolute Gasteiger partial charge is 0.493 e. The molecule has 3 aromatic rings. The normalized spacial score (nSPS) is 15.1. The Morgan fingerprint density at radius 1 is 1.06 bits per heavy atom. The van der Waals surface area contributed by atoms with Gasteiger partial charge in [-0.25, -0.2) is 18.6 Å². The van der Waals surface area contributed by atoms with E-state index < -0.39 is 41.7 Å². The van der Waals surface area contributed by atoms with E-state index in [1.807, 2.05) is 17.5 Å². The number of carbonyl (C=O) groups excluding carboxylic acids is 2. The Bertz CT molecular complexity index is 1230. The van der Waals surface area contributed by atoms with Crippen molar-refractivity contribution in [3.05, 3.63) is 81.5 Å². The van der Waals surface area contributed by atoms with Gasteiger partial charge in [0, 0.05) is 6.42 Å². The zero-order valence-corrected chi connectivity index (χ0v) is 19.1. The van der Waals surface area contributed by atoms with E-state index in [9.17, 15) is 18.4 Å². The van der Waals surface area contributed by atoms with Gasteiger partial charge in [0.25, 0.3) is 5.91 Å². The molecule has 0 radical (unpaired) electrons. The molecule has 4 rings (SSSR count). The number of hydrazone groups is 1. The highest BCUT2D eigenvalue weighted by Gasteiger charge is 2.34. The van der Waals surface area contributed by atoms with Crippen molar-refractivity contribution in [3.63, 3.8) is 0 Å². The second-order valence-corrected chi connectivity index (χ2v) is 8.22. The van der Waals surface area contributed by atoms with Crippen LogP contribution in [0.1, 0.15) is 33.3 Å². The molecular formula is C24H20F2N2O5S. The minimum absolute atomic E-state index is 0.414. The van der Waals surface area contributed by atoms with Crippen LogP contribution in [0.4, 0.5) is 8.78 Å². The third-order valence-corrected chi connectivity index (χ3v) is 6.18. The van der Waals surface area contributed by atoms with Gasteiger partial charge < -0.3 is 14.2 Å². The summed E-state index contributed by atoms with van der Waals surface area (Å²) in [5, 5.41) is 7.60. The second-order valence-electron chi connectivity index (χ2n) is 7.27. The predicted octanol–water partition coefficient (Wildman–Crippen LogP) is 4.58. The van der Waals surface area contributed by atoms with Crippen LogP contribution >= 0.6 is 11.3 Å². The third kappa shape index (κ3) is 4.62. The molecule has 10 heteroatoms. The molecule has 2 heterocycles. The minimum Gasteiger partial charge on any atom is -0.493 e. The number of nitrogens with zero attached hydrogens (tertiary/aromatic N) is 2. The van der Waals surface area contributed by atoms with Crippen molar-refractivity contribution in [3.8, 4) is 11.5 Å². The standard InChI is InChI=1S/C24H20F2N2O5S/c1-31-19-9-8-14(11-20(19)32-2)18-12-17(21-7-4-10-34-21)27-28(18)22(29)13-33-24(30)23-15(25)5-3-6-16(23)26/h3-11,18H,12-13H2,1-2H3/t18-/m1/s1. The Hall–Kier alpha value is -3.79. The maximum absolute atomic E-state index is 13.9. The molecule has 0 bridgehead atoms. The number of thiophene rings is 1. The first kappa shape index (κ1) is 23.4. The molecular weight excluding hydrogens is 466 g/mol. The molecule has 0 fully saturated rings. The van der Waals surface area contributed by atoms with Crippen molar-refractivity contribution in [1.29, 1.82) is 0 Å². The van der Waals surface area contributed by atoms with Crippen LogP contribution in [0.2, 0.25) is 0 Å². The summed E-state index contributed by atoms with van der Waals surface area (Å²) in [6.45, 7) is -0.738. The van der Waals surface area contributed by atoms with E-state index >= 15 is 0 Å². The number of hydrogen-bond acceptors (Lipinski definition) is 7. The number of hydrogen-bond donors (Lipinski definition) is 0. The minimum atomic E-state index is -1.27. The van der Waals surface area contributed by atoms with Gasteiger partial charge in [-0.1, -0.05) is 18.2 Å². The maximum Gasteiger partial charge on any atom is 0.344 e. The third-order valence-electron chi connectivity index (χ3n) is 5.26. The van der Waals surface area contributed by atoms with Crippen LogP contribution in [0, 0.1) is 11.6 Å². The zero-order chi connectivity index (χ0) is 24.2. The van der Waals surface area contributed by atoms with Crippen LogP contribution in [0.15, 0.2) is 59.0 Å². The summed E-state index contributed by atoms with van der Waals surface area (Å²) in [5.41, 5.74) is 0.568. The van der Waals surface area contributed by atoms with Gasteiger partial charge >= 0.3 is 5.97 Å². The Labute approximate surface area is 198 Å². The summed E-state index contributed by atoms with van der Waals surface area (Å²) >= 11 is 1.48. The van der Waals surface area contributed by atoms with Crippen LogP contribution in [-0.2, 0) is 9.53 Å². The van der Waals surface area contributed by atoms with E-state index in [1.54, 1.807) is 18.2 Å². The monoisotopic (exact) mass is 486 g/mol. The van der Waals surface area contributed by atoms with Gasteiger partial charge in [0.05, 0.1) is 30.9 Å². The highest BCUT2D eigenvalue weighted by molar-refractivity contribution is 7.12. The van der Waals surface area contributed by atoms with Crippen molar-refractivity contribution < 1.29 is 32.6 Å². The predicted molar refractivity (Wildman–Crippen MR) is 121 cm³/mol. The van der Waals surface area contributed by atoms with E-state index in [0.717, 1.165) is 28.6 Å². The highest BCUT2D eigenvalue weighted by Crippen LogP contribution is 2.37. The van der Waals surface area contributed by atoms with Crippen LogP contribution in [0.5, 0.6) is 11.5 Å². The summed E-state index contributed by atoms with van der Waals surface area (Å²) in [4.78, 5) is 26.1. The molecule has 34 heavy (non-hydrogen) atoms. The van der Waals surface area contributed by atoms with Crippen molar-refractivity contribution >= 4 is 28.9 Å². The number of rotatable bonds is 7. The van der Waals surface area contributed by atoms with Crippen molar-refractivity contribution in [2.45, 2.75) is 12.5 Å². The molecule has 0 unspecified atom stereocenters. The fraction of sp³-hybridized carbons (Fsp3) is 0.208. The van der Waals surface area contributed by atoms with Gasteiger partial charge in [0.15, 0.2) is 18.1 Å². The average molecular weight is 486 g/mol. The van der Waals surface area contributed by atoms with Gasteiger partial charge in [-0.2, -0.15) is 5.10 Å². The topological polar surface area (TPSA) is 77.4 Å². The molecule has 176 valence electrons. The first-order chi connectivity index (χ1) is 16.4. The summed E-state index contributed by atoms with van der Waals surface area (Å²) < 4.78 is 43.3. The lowest BCUT2D eigenvalue weighted by Crippen LogP contribution is -2.31. The molecule has 0 spiro atoms. The lowest BCUT2D eigenvalue weighted by Gasteiger charge is -2.22. The first-order valence-corrected chi connectivity index (χ1v) is 11.1.